The summed E-state index contributed by atoms with van der Waals surface area (Å²) in [4.78, 5) is 11.8. The summed E-state index contributed by atoms with van der Waals surface area (Å²) in [6.07, 6.45) is 9.44. The van der Waals surface area contributed by atoms with Crippen LogP contribution in [0.1, 0.15) is 37.7 Å². The van der Waals surface area contributed by atoms with E-state index < -0.39 is 0 Å². The minimum atomic E-state index is 0.155. The molecular formula is C15H18O. The van der Waals surface area contributed by atoms with Crippen molar-refractivity contribution in [2.45, 2.75) is 32.1 Å². The third-order valence-electron chi connectivity index (χ3n) is 3.17. The van der Waals surface area contributed by atoms with Gasteiger partial charge in [0.25, 0.3) is 0 Å². The topological polar surface area (TPSA) is 17.1 Å². The Bertz CT molecular complexity index is 364. The van der Waals surface area contributed by atoms with Crippen molar-refractivity contribution < 1.29 is 4.79 Å². The van der Waals surface area contributed by atoms with E-state index in [1.807, 2.05) is 18.2 Å². The molecule has 0 radical (unpaired) electrons. The van der Waals surface area contributed by atoms with E-state index in [1.165, 1.54) is 18.4 Å². The van der Waals surface area contributed by atoms with Gasteiger partial charge in [-0.15, -0.1) is 0 Å². The van der Waals surface area contributed by atoms with Crippen molar-refractivity contribution in [3.8, 4) is 0 Å². The zero-order valence-electron chi connectivity index (χ0n) is 9.56. The van der Waals surface area contributed by atoms with E-state index in [0.717, 1.165) is 19.3 Å². The molecule has 1 aliphatic rings. The lowest BCUT2D eigenvalue weighted by Gasteiger charge is -2.06. The van der Waals surface area contributed by atoms with Crippen LogP contribution in [0.3, 0.4) is 0 Å². The smallest absolute Gasteiger partial charge is 0.139 e. The van der Waals surface area contributed by atoms with Gasteiger partial charge in [0, 0.05) is 12.3 Å². The van der Waals surface area contributed by atoms with Crippen LogP contribution >= 0.6 is 0 Å². The molecule has 84 valence electrons. The van der Waals surface area contributed by atoms with Crippen LogP contribution in [0.25, 0.3) is 6.08 Å². The van der Waals surface area contributed by atoms with Crippen molar-refractivity contribution in [1.29, 1.82) is 0 Å². The van der Waals surface area contributed by atoms with Crippen molar-refractivity contribution in [2.24, 2.45) is 5.92 Å². The van der Waals surface area contributed by atoms with Crippen molar-refractivity contribution in [3.05, 3.63) is 42.0 Å². The van der Waals surface area contributed by atoms with Crippen LogP contribution in [-0.4, -0.2) is 5.78 Å². The van der Waals surface area contributed by atoms with Crippen LogP contribution in [0.5, 0.6) is 0 Å². The Labute approximate surface area is 97.2 Å². The van der Waals surface area contributed by atoms with Crippen molar-refractivity contribution in [3.63, 3.8) is 0 Å². The number of hydrogen-bond donors (Lipinski definition) is 0. The third kappa shape index (κ3) is 3.06. The first-order chi connectivity index (χ1) is 7.86. The van der Waals surface area contributed by atoms with E-state index in [2.05, 4.69) is 24.3 Å². The maximum absolute atomic E-state index is 11.8. The van der Waals surface area contributed by atoms with E-state index in [9.17, 15) is 4.79 Å². The number of allylic oxidation sites excluding steroid dienone is 1. The number of Topliss-reactive ketones (excluding diaryl/α,β-unsaturated/α-hetero) is 1. The van der Waals surface area contributed by atoms with Gasteiger partial charge in [-0.05, 0) is 18.4 Å². The van der Waals surface area contributed by atoms with Gasteiger partial charge in [0.05, 0.1) is 0 Å². The number of rotatable bonds is 2. The summed E-state index contributed by atoms with van der Waals surface area (Å²) in [5.41, 5.74) is 1.18. The predicted molar refractivity (Wildman–Crippen MR) is 67.1 cm³/mol. The largest absolute Gasteiger partial charge is 0.299 e. The van der Waals surface area contributed by atoms with Gasteiger partial charge in [-0.2, -0.15) is 0 Å². The normalized spacial score (nSPS) is 22.2. The molecule has 0 saturated heterocycles. The highest BCUT2D eigenvalue weighted by Gasteiger charge is 2.17. The molecule has 0 N–H and O–H groups in total. The number of benzene rings is 1. The third-order valence-corrected chi connectivity index (χ3v) is 3.17. The minimum absolute atomic E-state index is 0.155. The van der Waals surface area contributed by atoms with Crippen molar-refractivity contribution in [2.75, 3.05) is 0 Å². The molecule has 1 nitrogen and oxygen atoms in total. The first-order valence-corrected chi connectivity index (χ1v) is 6.12. The molecule has 1 atom stereocenters. The summed E-state index contributed by atoms with van der Waals surface area (Å²) >= 11 is 0. The summed E-state index contributed by atoms with van der Waals surface area (Å²) in [5.74, 6) is 0.576. The van der Waals surface area contributed by atoms with Crippen molar-refractivity contribution in [1.82, 2.24) is 0 Å². The minimum Gasteiger partial charge on any atom is -0.299 e. The number of ketones is 1. The zero-order chi connectivity index (χ0) is 11.2. The van der Waals surface area contributed by atoms with Crippen LogP contribution in [0, 0.1) is 5.92 Å². The molecule has 0 amide bonds. The van der Waals surface area contributed by atoms with Crippen molar-refractivity contribution >= 4 is 11.9 Å². The van der Waals surface area contributed by atoms with E-state index in [1.54, 1.807) is 0 Å². The molecule has 1 fully saturated rings. The highest BCUT2D eigenvalue weighted by Crippen LogP contribution is 2.21. The van der Waals surface area contributed by atoms with Gasteiger partial charge in [0.15, 0.2) is 0 Å². The summed E-state index contributed by atoms with van der Waals surface area (Å²) in [6.45, 7) is 0. The summed E-state index contributed by atoms with van der Waals surface area (Å²) in [5, 5.41) is 0. The van der Waals surface area contributed by atoms with Gasteiger partial charge in [-0.25, -0.2) is 0 Å². The van der Waals surface area contributed by atoms with E-state index in [0.29, 0.717) is 5.78 Å². The Morgan fingerprint density at radius 2 is 1.88 bits per heavy atom. The second-order valence-electron chi connectivity index (χ2n) is 4.44. The van der Waals surface area contributed by atoms with Gasteiger partial charge in [0.1, 0.15) is 5.78 Å². The zero-order valence-corrected chi connectivity index (χ0v) is 9.56. The summed E-state index contributed by atoms with van der Waals surface area (Å²) in [6, 6.07) is 10.2. The monoisotopic (exact) mass is 214 g/mol. The van der Waals surface area contributed by atoms with E-state index in [-0.39, 0.29) is 5.92 Å². The van der Waals surface area contributed by atoms with Gasteiger partial charge in [-0.3, -0.25) is 4.79 Å². The first kappa shape index (κ1) is 11.1. The van der Waals surface area contributed by atoms with Crippen LogP contribution in [0.4, 0.5) is 0 Å². The average molecular weight is 214 g/mol. The lowest BCUT2D eigenvalue weighted by atomic mass is 9.97. The molecule has 1 aromatic carbocycles. The molecule has 1 aromatic rings. The Morgan fingerprint density at radius 3 is 2.69 bits per heavy atom. The highest BCUT2D eigenvalue weighted by molar-refractivity contribution is 5.83. The molecule has 1 unspecified atom stereocenters. The number of carbonyl (C=O) groups is 1. The molecule has 1 saturated carbocycles. The Hall–Kier alpha value is -1.37. The second kappa shape index (κ2) is 5.64. The van der Waals surface area contributed by atoms with Gasteiger partial charge in [0.2, 0.25) is 0 Å². The standard InChI is InChI=1S/C15H18O/c16-15-10-6-2-5-9-14(15)12-11-13-7-3-1-4-8-13/h1,3-4,7-8,11-12,14H,2,5-6,9-10H2. The second-order valence-corrected chi connectivity index (χ2v) is 4.44. The fourth-order valence-electron chi connectivity index (χ4n) is 2.18. The lowest BCUT2D eigenvalue weighted by Crippen LogP contribution is -2.09. The summed E-state index contributed by atoms with van der Waals surface area (Å²) in [7, 11) is 0. The molecule has 1 heteroatoms. The first-order valence-electron chi connectivity index (χ1n) is 6.12. The summed E-state index contributed by atoms with van der Waals surface area (Å²) < 4.78 is 0. The molecule has 0 heterocycles. The SMILES string of the molecule is O=C1CCCCCC1C=Cc1ccccc1. The Morgan fingerprint density at radius 1 is 1.06 bits per heavy atom. The van der Waals surface area contributed by atoms with Crippen LogP contribution in [-0.2, 0) is 4.79 Å². The number of carbonyl (C=O) groups excluding carboxylic acids is 1. The quantitative estimate of drug-likeness (QED) is 0.683. The average Bonchev–Trinajstić information content (AvgIpc) is 2.53. The van der Waals surface area contributed by atoms with E-state index in [4.69, 9.17) is 0 Å². The molecular weight excluding hydrogens is 196 g/mol. The molecule has 2 rings (SSSR count). The predicted octanol–water partition coefficient (Wildman–Crippen LogP) is 3.85. The maximum atomic E-state index is 11.8. The highest BCUT2D eigenvalue weighted by atomic mass is 16.1. The lowest BCUT2D eigenvalue weighted by molar-refractivity contribution is -0.121. The fourth-order valence-corrected chi connectivity index (χ4v) is 2.18. The van der Waals surface area contributed by atoms with Crippen LogP contribution < -0.4 is 0 Å². The molecule has 0 aliphatic heterocycles. The molecule has 0 bridgehead atoms. The fraction of sp³-hybridized carbons (Fsp3) is 0.400. The van der Waals surface area contributed by atoms with Crippen LogP contribution in [0.2, 0.25) is 0 Å². The maximum Gasteiger partial charge on any atom is 0.139 e. The molecule has 1 aliphatic carbocycles. The van der Waals surface area contributed by atoms with Gasteiger partial charge in [-0.1, -0.05) is 55.3 Å². The van der Waals surface area contributed by atoms with Crippen LogP contribution in [0.15, 0.2) is 36.4 Å². The van der Waals surface area contributed by atoms with Gasteiger partial charge >= 0.3 is 0 Å². The van der Waals surface area contributed by atoms with Gasteiger partial charge < -0.3 is 0 Å². The Balaban J connectivity index is 2.02. The van der Waals surface area contributed by atoms with E-state index >= 15 is 0 Å². The number of hydrogen-bond acceptors (Lipinski definition) is 1. The molecule has 0 spiro atoms. The Kier molecular flexibility index (Phi) is 3.92. The molecule has 0 aromatic heterocycles. The molecule has 16 heavy (non-hydrogen) atoms.